The molecule has 1 saturated heterocycles. The van der Waals surface area contributed by atoms with Gasteiger partial charge in [0.25, 0.3) is 0 Å². The molecule has 27 heavy (non-hydrogen) atoms. The Morgan fingerprint density at radius 1 is 1.11 bits per heavy atom. The molecule has 0 atom stereocenters. The summed E-state index contributed by atoms with van der Waals surface area (Å²) in [6, 6.07) is 13.2. The Morgan fingerprint density at radius 2 is 1.74 bits per heavy atom. The predicted octanol–water partition coefficient (Wildman–Crippen LogP) is 3.20. The van der Waals surface area contributed by atoms with Crippen molar-refractivity contribution in [2.45, 2.75) is 24.7 Å². The third-order valence-electron chi connectivity index (χ3n) is 5.04. The minimum Gasteiger partial charge on any atom is -0.315 e. The number of hydrogen-bond donors (Lipinski definition) is 0. The van der Waals surface area contributed by atoms with Crippen LogP contribution in [0.4, 0.5) is 10.1 Å². The largest absolute Gasteiger partial charge is 0.315 e. The van der Waals surface area contributed by atoms with E-state index in [1.54, 1.807) is 18.9 Å². The SMILES string of the molecule is Cc1cc(S(=O)(=O)N2CCC(C(=O)N(C)c3ccccc3)CC2)ccc1F. The smallest absolute Gasteiger partial charge is 0.243 e. The summed E-state index contributed by atoms with van der Waals surface area (Å²) in [4.78, 5) is 14.4. The maximum absolute atomic E-state index is 13.4. The van der Waals surface area contributed by atoms with Crippen LogP contribution in [0.3, 0.4) is 0 Å². The molecule has 0 unspecified atom stereocenters. The molecular formula is C20H23FN2O3S. The number of halogens is 1. The summed E-state index contributed by atoms with van der Waals surface area (Å²) in [6.45, 7) is 2.09. The van der Waals surface area contributed by atoms with Gasteiger partial charge in [-0.1, -0.05) is 18.2 Å². The van der Waals surface area contributed by atoms with E-state index < -0.39 is 15.8 Å². The van der Waals surface area contributed by atoms with Gasteiger partial charge in [0.05, 0.1) is 4.90 Å². The monoisotopic (exact) mass is 390 g/mol. The molecule has 0 aromatic heterocycles. The second kappa shape index (κ2) is 7.78. The lowest BCUT2D eigenvalue weighted by Gasteiger charge is -2.32. The van der Waals surface area contributed by atoms with Crippen LogP contribution >= 0.6 is 0 Å². The van der Waals surface area contributed by atoms with E-state index in [0.717, 1.165) is 5.69 Å². The number of piperidine rings is 1. The van der Waals surface area contributed by atoms with Crippen molar-refractivity contribution in [1.29, 1.82) is 0 Å². The first-order valence-corrected chi connectivity index (χ1v) is 10.3. The van der Waals surface area contributed by atoms with Crippen LogP contribution < -0.4 is 4.90 Å². The van der Waals surface area contributed by atoms with Crippen LogP contribution in [0, 0.1) is 18.7 Å². The highest BCUT2D eigenvalue weighted by Gasteiger charge is 2.33. The van der Waals surface area contributed by atoms with Gasteiger partial charge in [0.2, 0.25) is 15.9 Å². The maximum atomic E-state index is 13.4. The summed E-state index contributed by atoms with van der Waals surface area (Å²) < 4.78 is 40.4. The van der Waals surface area contributed by atoms with Gasteiger partial charge in [-0.2, -0.15) is 4.31 Å². The van der Waals surface area contributed by atoms with E-state index in [0.29, 0.717) is 18.4 Å². The van der Waals surface area contributed by atoms with Gasteiger partial charge in [-0.05, 0) is 55.7 Å². The lowest BCUT2D eigenvalue weighted by atomic mass is 9.96. The molecular weight excluding hydrogens is 367 g/mol. The van der Waals surface area contributed by atoms with Gasteiger partial charge in [-0.15, -0.1) is 0 Å². The normalized spacial score (nSPS) is 16.3. The predicted molar refractivity (Wildman–Crippen MR) is 102 cm³/mol. The van der Waals surface area contributed by atoms with Crippen LogP contribution in [0.25, 0.3) is 0 Å². The summed E-state index contributed by atoms with van der Waals surface area (Å²) in [5.41, 5.74) is 1.12. The third kappa shape index (κ3) is 4.04. The molecule has 144 valence electrons. The van der Waals surface area contributed by atoms with Crippen molar-refractivity contribution < 1.29 is 17.6 Å². The molecule has 0 radical (unpaired) electrons. The average molecular weight is 390 g/mol. The molecule has 7 heteroatoms. The number of carbonyl (C=O) groups is 1. The van der Waals surface area contributed by atoms with Gasteiger partial charge < -0.3 is 4.90 Å². The Bertz CT molecular complexity index is 923. The molecule has 0 N–H and O–H groups in total. The zero-order chi connectivity index (χ0) is 19.6. The second-order valence-corrected chi connectivity index (χ2v) is 8.76. The topological polar surface area (TPSA) is 57.7 Å². The highest BCUT2D eigenvalue weighted by Crippen LogP contribution is 2.27. The molecule has 5 nitrogen and oxygen atoms in total. The van der Waals surface area contributed by atoms with Gasteiger partial charge in [-0.3, -0.25) is 4.79 Å². The van der Waals surface area contributed by atoms with Gasteiger partial charge in [-0.25, -0.2) is 12.8 Å². The van der Waals surface area contributed by atoms with E-state index in [1.807, 2.05) is 30.3 Å². The Balaban J connectivity index is 1.67. The van der Waals surface area contributed by atoms with Crippen molar-refractivity contribution in [3.8, 4) is 0 Å². The number of aryl methyl sites for hydroxylation is 1. The summed E-state index contributed by atoms with van der Waals surface area (Å²) in [7, 11) is -1.94. The first-order valence-electron chi connectivity index (χ1n) is 8.89. The fourth-order valence-electron chi connectivity index (χ4n) is 3.32. The average Bonchev–Trinajstić information content (AvgIpc) is 2.69. The van der Waals surface area contributed by atoms with Crippen LogP contribution in [0.15, 0.2) is 53.4 Å². The Hall–Kier alpha value is -2.25. The van der Waals surface area contributed by atoms with Gasteiger partial charge >= 0.3 is 0 Å². The molecule has 2 aromatic rings. The third-order valence-corrected chi connectivity index (χ3v) is 6.94. The summed E-state index contributed by atoms with van der Waals surface area (Å²) in [5.74, 6) is -0.644. The van der Waals surface area contributed by atoms with Crippen molar-refractivity contribution in [3.05, 3.63) is 59.9 Å². The first kappa shape index (κ1) is 19.5. The zero-order valence-corrected chi connectivity index (χ0v) is 16.2. The van der Waals surface area contributed by atoms with Crippen molar-refractivity contribution in [2.75, 3.05) is 25.0 Å². The van der Waals surface area contributed by atoms with Crippen molar-refractivity contribution in [1.82, 2.24) is 4.31 Å². The van der Waals surface area contributed by atoms with E-state index in [1.165, 1.54) is 22.5 Å². The number of para-hydroxylation sites is 1. The van der Waals surface area contributed by atoms with E-state index >= 15 is 0 Å². The molecule has 1 fully saturated rings. The molecule has 2 aromatic carbocycles. The number of nitrogens with zero attached hydrogens (tertiary/aromatic N) is 2. The second-order valence-electron chi connectivity index (χ2n) is 6.82. The standard InChI is InChI=1S/C20H23FN2O3S/c1-15-14-18(8-9-19(15)21)27(25,26)23-12-10-16(11-13-23)20(24)22(2)17-6-4-3-5-7-17/h3-9,14,16H,10-13H2,1-2H3. The number of sulfonamides is 1. The number of rotatable bonds is 4. The van der Waals surface area contributed by atoms with Crippen molar-refractivity contribution in [2.24, 2.45) is 5.92 Å². The summed E-state index contributed by atoms with van der Waals surface area (Å²) >= 11 is 0. The lowest BCUT2D eigenvalue weighted by molar-refractivity contribution is -0.123. The number of carbonyl (C=O) groups excluding carboxylic acids is 1. The quantitative estimate of drug-likeness (QED) is 0.806. The van der Waals surface area contributed by atoms with Crippen LogP contribution in [-0.4, -0.2) is 38.8 Å². The van der Waals surface area contributed by atoms with E-state index in [-0.39, 0.29) is 29.8 Å². The maximum Gasteiger partial charge on any atom is 0.243 e. The Labute approximate surface area is 159 Å². The molecule has 0 bridgehead atoms. The Morgan fingerprint density at radius 3 is 2.33 bits per heavy atom. The van der Waals surface area contributed by atoms with Crippen LogP contribution in [0.1, 0.15) is 18.4 Å². The van der Waals surface area contributed by atoms with Gasteiger partial charge in [0, 0.05) is 31.7 Å². The van der Waals surface area contributed by atoms with E-state index in [4.69, 9.17) is 0 Å². The minimum atomic E-state index is -3.68. The van der Waals surface area contributed by atoms with Gasteiger partial charge in [0.15, 0.2) is 0 Å². The number of hydrogen-bond acceptors (Lipinski definition) is 3. The molecule has 3 rings (SSSR count). The molecule has 1 aliphatic heterocycles. The molecule has 1 amide bonds. The lowest BCUT2D eigenvalue weighted by Crippen LogP contribution is -2.43. The summed E-state index contributed by atoms with van der Waals surface area (Å²) in [6.07, 6.45) is 0.935. The van der Waals surface area contributed by atoms with Crippen LogP contribution in [-0.2, 0) is 14.8 Å². The number of anilines is 1. The first-order chi connectivity index (χ1) is 12.8. The van der Waals surface area contributed by atoms with Crippen molar-refractivity contribution >= 4 is 21.6 Å². The molecule has 0 saturated carbocycles. The van der Waals surface area contributed by atoms with E-state index in [9.17, 15) is 17.6 Å². The molecule has 1 aliphatic rings. The van der Waals surface area contributed by atoms with E-state index in [2.05, 4.69) is 0 Å². The summed E-state index contributed by atoms with van der Waals surface area (Å²) in [5, 5.41) is 0. The van der Waals surface area contributed by atoms with Crippen LogP contribution in [0.5, 0.6) is 0 Å². The van der Waals surface area contributed by atoms with Crippen LogP contribution in [0.2, 0.25) is 0 Å². The highest BCUT2D eigenvalue weighted by molar-refractivity contribution is 7.89. The Kier molecular flexibility index (Phi) is 5.62. The molecule has 0 spiro atoms. The fourth-order valence-corrected chi connectivity index (χ4v) is 4.88. The fraction of sp³-hybridized carbons (Fsp3) is 0.350. The highest BCUT2D eigenvalue weighted by atomic mass is 32.2. The van der Waals surface area contributed by atoms with Gasteiger partial charge in [0.1, 0.15) is 5.82 Å². The van der Waals surface area contributed by atoms with Crippen molar-refractivity contribution in [3.63, 3.8) is 0 Å². The number of benzene rings is 2. The molecule has 1 heterocycles. The zero-order valence-electron chi connectivity index (χ0n) is 15.4. The number of amides is 1. The minimum absolute atomic E-state index is 0.00382. The molecule has 0 aliphatic carbocycles.